The summed E-state index contributed by atoms with van der Waals surface area (Å²) in [5.41, 5.74) is 1.99. The largest absolute Gasteiger partial charge is 0.497 e. The molecule has 8 heteroatoms. The zero-order valence-corrected chi connectivity index (χ0v) is 18.8. The Hall–Kier alpha value is -4.20. The Bertz CT molecular complexity index is 1270. The van der Waals surface area contributed by atoms with Gasteiger partial charge in [-0.3, -0.25) is 4.79 Å². The van der Waals surface area contributed by atoms with Crippen molar-refractivity contribution in [3.8, 4) is 17.2 Å². The minimum atomic E-state index is -0.732. The summed E-state index contributed by atoms with van der Waals surface area (Å²) < 4.78 is 16.3. The van der Waals surface area contributed by atoms with Gasteiger partial charge in [-0.05, 0) is 35.9 Å². The van der Waals surface area contributed by atoms with Crippen LogP contribution < -0.4 is 30.2 Å². The predicted molar refractivity (Wildman–Crippen MR) is 126 cm³/mol. The lowest BCUT2D eigenvalue weighted by molar-refractivity contribution is -0.113. The fraction of sp³-hybridized carbons (Fsp3) is 0.200. The van der Waals surface area contributed by atoms with Crippen molar-refractivity contribution in [1.29, 1.82) is 0 Å². The molecule has 170 valence electrons. The van der Waals surface area contributed by atoms with E-state index in [1.165, 1.54) is 7.11 Å². The van der Waals surface area contributed by atoms with Crippen molar-refractivity contribution in [2.24, 2.45) is 0 Å². The molecule has 8 nitrogen and oxygen atoms in total. The van der Waals surface area contributed by atoms with Gasteiger partial charge < -0.3 is 30.2 Å². The monoisotopic (exact) mass is 447 g/mol. The minimum Gasteiger partial charge on any atom is -0.497 e. The van der Waals surface area contributed by atoms with Gasteiger partial charge in [-0.25, -0.2) is 4.79 Å². The Labute approximate surface area is 191 Å². The summed E-state index contributed by atoms with van der Waals surface area (Å²) in [4.78, 5) is 26.0. The summed E-state index contributed by atoms with van der Waals surface area (Å²) in [6.07, 6.45) is 0. The Morgan fingerprint density at radius 1 is 0.939 bits per heavy atom. The third kappa shape index (κ3) is 4.15. The van der Waals surface area contributed by atoms with E-state index in [4.69, 9.17) is 14.2 Å². The topological polar surface area (TPSA) is 97.9 Å². The third-order valence-electron chi connectivity index (χ3n) is 5.61. The van der Waals surface area contributed by atoms with Crippen LogP contribution >= 0.6 is 0 Å². The van der Waals surface area contributed by atoms with Crippen molar-refractivity contribution >= 4 is 28.4 Å². The van der Waals surface area contributed by atoms with Gasteiger partial charge in [-0.2, -0.15) is 0 Å². The standard InChI is InChI=1S/C25H25N3O5/c1-14-21(24(29)27-18-11-10-16(31-2)13-20(18)33-4)23(28-25(30)26-14)22-17-8-6-5-7-15(17)9-12-19(22)32-3/h5-13,23H,1-4H3,(H,27,29)(H2,26,28,30)/t23-/m0/s1. The molecular formula is C25H25N3O5. The van der Waals surface area contributed by atoms with Crippen molar-refractivity contribution in [3.63, 3.8) is 0 Å². The lowest BCUT2D eigenvalue weighted by atomic mass is 9.90. The molecule has 0 saturated carbocycles. The number of methoxy groups -OCH3 is 3. The zero-order chi connectivity index (χ0) is 23.5. The Balaban J connectivity index is 1.81. The van der Waals surface area contributed by atoms with E-state index in [-0.39, 0.29) is 5.91 Å². The molecule has 0 aliphatic carbocycles. The number of amides is 3. The number of rotatable bonds is 6. The molecule has 1 aliphatic rings. The van der Waals surface area contributed by atoms with E-state index in [2.05, 4.69) is 16.0 Å². The zero-order valence-electron chi connectivity index (χ0n) is 18.8. The molecule has 3 amide bonds. The number of urea groups is 1. The summed E-state index contributed by atoms with van der Waals surface area (Å²) in [6, 6.07) is 15.5. The van der Waals surface area contributed by atoms with E-state index in [1.54, 1.807) is 39.3 Å². The molecule has 0 radical (unpaired) electrons. The number of allylic oxidation sites excluding steroid dienone is 1. The lowest BCUT2D eigenvalue weighted by Crippen LogP contribution is -2.46. The van der Waals surface area contributed by atoms with Gasteiger partial charge in [0.05, 0.1) is 38.6 Å². The predicted octanol–water partition coefficient (Wildman–Crippen LogP) is 4.13. The van der Waals surface area contributed by atoms with Crippen LogP contribution in [0.3, 0.4) is 0 Å². The highest BCUT2D eigenvalue weighted by Crippen LogP contribution is 2.39. The maximum atomic E-state index is 13.5. The quantitative estimate of drug-likeness (QED) is 0.528. The third-order valence-corrected chi connectivity index (χ3v) is 5.61. The van der Waals surface area contributed by atoms with Crippen LogP contribution in [0.25, 0.3) is 10.8 Å². The summed E-state index contributed by atoms with van der Waals surface area (Å²) in [6.45, 7) is 1.70. The smallest absolute Gasteiger partial charge is 0.319 e. The van der Waals surface area contributed by atoms with Crippen LogP contribution in [0.1, 0.15) is 18.5 Å². The first-order valence-electron chi connectivity index (χ1n) is 10.3. The number of hydrogen-bond acceptors (Lipinski definition) is 5. The maximum absolute atomic E-state index is 13.5. The number of hydrogen-bond donors (Lipinski definition) is 3. The highest BCUT2D eigenvalue weighted by atomic mass is 16.5. The van der Waals surface area contributed by atoms with E-state index in [0.717, 1.165) is 10.8 Å². The normalized spacial score (nSPS) is 15.5. The molecule has 0 spiro atoms. The number of carbonyl (C=O) groups excluding carboxylic acids is 2. The lowest BCUT2D eigenvalue weighted by Gasteiger charge is -2.30. The number of carbonyl (C=O) groups is 2. The number of benzene rings is 3. The molecule has 0 bridgehead atoms. The fourth-order valence-corrected chi connectivity index (χ4v) is 4.05. The van der Waals surface area contributed by atoms with Gasteiger partial charge in [0.25, 0.3) is 5.91 Å². The maximum Gasteiger partial charge on any atom is 0.319 e. The number of ether oxygens (including phenoxy) is 3. The first-order chi connectivity index (χ1) is 16.0. The van der Waals surface area contributed by atoms with Gasteiger partial charge in [0, 0.05) is 17.3 Å². The second-order valence-corrected chi connectivity index (χ2v) is 7.49. The second-order valence-electron chi connectivity index (χ2n) is 7.49. The highest BCUT2D eigenvalue weighted by Gasteiger charge is 2.34. The summed E-state index contributed by atoms with van der Waals surface area (Å²) in [7, 11) is 4.63. The van der Waals surface area contributed by atoms with Crippen LogP contribution in [0.2, 0.25) is 0 Å². The van der Waals surface area contributed by atoms with Crippen LogP contribution in [0, 0.1) is 0 Å². The molecule has 3 aromatic rings. The van der Waals surface area contributed by atoms with E-state index in [9.17, 15) is 9.59 Å². The molecule has 1 atom stereocenters. The minimum absolute atomic E-state index is 0.363. The van der Waals surface area contributed by atoms with E-state index in [1.807, 2.05) is 36.4 Å². The SMILES string of the molecule is COc1ccc(NC(=O)C2=C(C)NC(=O)N[C@@H]2c2c(OC)ccc3ccccc23)c(OC)c1. The summed E-state index contributed by atoms with van der Waals surface area (Å²) in [5.74, 6) is 1.24. The first-order valence-corrected chi connectivity index (χ1v) is 10.3. The van der Waals surface area contributed by atoms with Crippen LogP contribution in [-0.4, -0.2) is 33.3 Å². The Morgan fingerprint density at radius 2 is 1.70 bits per heavy atom. The van der Waals surface area contributed by atoms with Crippen LogP contribution in [0.15, 0.2) is 65.9 Å². The fourth-order valence-electron chi connectivity index (χ4n) is 4.05. The van der Waals surface area contributed by atoms with Gasteiger partial charge >= 0.3 is 6.03 Å². The molecule has 33 heavy (non-hydrogen) atoms. The molecule has 1 aliphatic heterocycles. The molecule has 3 aromatic carbocycles. The summed E-state index contributed by atoms with van der Waals surface area (Å²) in [5, 5.41) is 10.3. The van der Waals surface area contributed by atoms with Gasteiger partial charge in [0.2, 0.25) is 0 Å². The Morgan fingerprint density at radius 3 is 2.42 bits per heavy atom. The van der Waals surface area contributed by atoms with Crippen molar-refractivity contribution in [1.82, 2.24) is 10.6 Å². The first kappa shape index (κ1) is 22.0. The molecular weight excluding hydrogens is 422 g/mol. The second kappa shape index (κ2) is 9.12. The number of nitrogens with one attached hydrogen (secondary N) is 3. The molecule has 0 unspecified atom stereocenters. The van der Waals surface area contributed by atoms with Crippen molar-refractivity contribution in [2.45, 2.75) is 13.0 Å². The van der Waals surface area contributed by atoms with Crippen molar-refractivity contribution < 1.29 is 23.8 Å². The van der Waals surface area contributed by atoms with Crippen LogP contribution in [-0.2, 0) is 4.79 Å². The van der Waals surface area contributed by atoms with Gasteiger partial charge in [-0.1, -0.05) is 30.3 Å². The molecule has 3 N–H and O–H groups in total. The van der Waals surface area contributed by atoms with Crippen molar-refractivity contribution in [2.75, 3.05) is 26.6 Å². The molecule has 1 heterocycles. The van der Waals surface area contributed by atoms with Gasteiger partial charge in [0.15, 0.2) is 0 Å². The Kier molecular flexibility index (Phi) is 6.08. The average molecular weight is 447 g/mol. The van der Waals surface area contributed by atoms with Gasteiger partial charge in [0.1, 0.15) is 17.2 Å². The molecule has 4 rings (SSSR count). The summed E-state index contributed by atoms with van der Waals surface area (Å²) >= 11 is 0. The number of anilines is 1. The van der Waals surface area contributed by atoms with Crippen molar-refractivity contribution in [3.05, 3.63) is 71.4 Å². The van der Waals surface area contributed by atoms with E-state index < -0.39 is 12.1 Å². The van der Waals surface area contributed by atoms with E-state index >= 15 is 0 Å². The molecule has 0 fully saturated rings. The van der Waals surface area contributed by atoms with Gasteiger partial charge in [-0.15, -0.1) is 0 Å². The van der Waals surface area contributed by atoms with E-state index in [0.29, 0.717) is 39.8 Å². The van der Waals surface area contributed by atoms with Crippen LogP contribution in [0.4, 0.5) is 10.5 Å². The number of fused-ring (bicyclic) bond motifs is 1. The molecule has 0 saturated heterocycles. The average Bonchev–Trinajstić information content (AvgIpc) is 2.82. The molecule has 0 aromatic heterocycles. The highest BCUT2D eigenvalue weighted by molar-refractivity contribution is 6.08. The van der Waals surface area contributed by atoms with Crippen LogP contribution in [0.5, 0.6) is 17.2 Å².